The van der Waals surface area contributed by atoms with E-state index in [-0.39, 0.29) is 22.7 Å². The van der Waals surface area contributed by atoms with Gasteiger partial charge in [-0.05, 0) is 30.3 Å². The Balaban J connectivity index is 2.54. The van der Waals surface area contributed by atoms with Crippen molar-refractivity contribution in [3.05, 3.63) is 53.3 Å². The van der Waals surface area contributed by atoms with E-state index < -0.39 is 5.82 Å². The molecular weight excluding hydrogens is 275 g/mol. The van der Waals surface area contributed by atoms with Crippen molar-refractivity contribution in [3.8, 4) is 17.2 Å². The molecule has 21 heavy (non-hydrogen) atoms. The lowest BCUT2D eigenvalue weighted by Crippen LogP contribution is -2.07. The summed E-state index contributed by atoms with van der Waals surface area (Å²) in [7, 11) is 4.28. The molecule has 0 saturated heterocycles. The fourth-order valence-corrected chi connectivity index (χ4v) is 2.02. The number of benzene rings is 2. The van der Waals surface area contributed by atoms with Crippen molar-refractivity contribution in [1.82, 2.24) is 0 Å². The maximum absolute atomic E-state index is 13.4. The van der Waals surface area contributed by atoms with Crippen molar-refractivity contribution >= 4 is 5.78 Å². The molecule has 0 amide bonds. The van der Waals surface area contributed by atoms with Crippen molar-refractivity contribution < 1.29 is 23.4 Å². The smallest absolute Gasteiger partial charge is 0.200 e. The molecule has 0 saturated carbocycles. The summed E-state index contributed by atoms with van der Waals surface area (Å²) in [4.78, 5) is 12.6. The number of rotatable bonds is 5. The van der Waals surface area contributed by atoms with Gasteiger partial charge in [0.05, 0.1) is 21.3 Å². The van der Waals surface area contributed by atoms with E-state index in [1.54, 1.807) is 18.2 Å². The van der Waals surface area contributed by atoms with E-state index in [4.69, 9.17) is 14.2 Å². The highest BCUT2D eigenvalue weighted by atomic mass is 19.1. The van der Waals surface area contributed by atoms with Gasteiger partial charge in [-0.3, -0.25) is 4.79 Å². The van der Waals surface area contributed by atoms with Crippen LogP contribution in [0.5, 0.6) is 17.2 Å². The monoisotopic (exact) mass is 290 g/mol. The third-order valence-corrected chi connectivity index (χ3v) is 3.07. The zero-order chi connectivity index (χ0) is 15.4. The molecule has 0 aromatic heterocycles. The quantitative estimate of drug-likeness (QED) is 0.794. The SMILES string of the molecule is COc1cc(C(=O)c2c(OC)cccc2OC)ccc1F. The molecule has 0 heterocycles. The number of methoxy groups -OCH3 is 3. The Morgan fingerprint density at radius 1 is 0.905 bits per heavy atom. The standard InChI is InChI=1S/C16H15FO4/c1-19-12-5-4-6-13(20-2)15(12)16(18)10-7-8-11(17)14(9-10)21-3/h4-9H,1-3H3. The molecule has 0 aliphatic rings. The molecule has 0 bridgehead atoms. The van der Waals surface area contributed by atoms with Crippen LogP contribution < -0.4 is 14.2 Å². The van der Waals surface area contributed by atoms with Gasteiger partial charge in [0.1, 0.15) is 17.1 Å². The molecule has 2 rings (SSSR count). The number of hydrogen-bond donors (Lipinski definition) is 0. The first-order valence-corrected chi connectivity index (χ1v) is 6.21. The molecule has 0 aliphatic heterocycles. The second-order valence-corrected chi connectivity index (χ2v) is 4.22. The maximum Gasteiger partial charge on any atom is 0.200 e. The number of hydrogen-bond acceptors (Lipinski definition) is 4. The summed E-state index contributed by atoms with van der Waals surface area (Å²) < 4.78 is 28.7. The van der Waals surface area contributed by atoms with Gasteiger partial charge in [0.2, 0.25) is 5.78 Å². The molecule has 5 heteroatoms. The molecule has 0 N–H and O–H groups in total. The Labute approximate surface area is 122 Å². The van der Waals surface area contributed by atoms with E-state index in [0.717, 1.165) is 0 Å². The third kappa shape index (κ3) is 2.81. The Kier molecular flexibility index (Phi) is 4.42. The largest absolute Gasteiger partial charge is 0.496 e. The minimum Gasteiger partial charge on any atom is -0.496 e. The van der Waals surface area contributed by atoms with E-state index >= 15 is 0 Å². The molecule has 0 spiro atoms. The Hall–Kier alpha value is -2.56. The van der Waals surface area contributed by atoms with Gasteiger partial charge in [-0.15, -0.1) is 0 Å². The van der Waals surface area contributed by atoms with Crippen molar-refractivity contribution in [2.45, 2.75) is 0 Å². The lowest BCUT2D eigenvalue weighted by molar-refractivity contribution is 0.103. The topological polar surface area (TPSA) is 44.8 Å². The van der Waals surface area contributed by atoms with E-state index in [1.807, 2.05) is 0 Å². The highest BCUT2D eigenvalue weighted by molar-refractivity contribution is 6.12. The van der Waals surface area contributed by atoms with Gasteiger partial charge < -0.3 is 14.2 Å². The van der Waals surface area contributed by atoms with Crippen LogP contribution in [0.2, 0.25) is 0 Å². The van der Waals surface area contributed by atoms with Crippen LogP contribution in [-0.2, 0) is 0 Å². The predicted octanol–water partition coefficient (Wildman–Crippen LogP) is 3.08. The molecule has 0 atom stereocenters. The van der Waals surface area contributed by atoms with Gasteiger partial charge in [0.25, 0.3) is 0 Å². The summed E-state index contributed by atoms with van der Waals surface area (Å²) in [6, 6.07) is 8.98. The summed E-state index contributed by atoms with van der Waals surface area (Å²) in [6.45, 7) is 0. The fourth-order valence-electron chi connectivity index (χ4n) is 2.02. The maximum atomic E-state index is 13.4. The molecule has 0 radical (unpaired) electrons. The summed E-state index contributed by atoms with van der Waals surface area (Å²) in [5, 5.41) is 0. The number of halogens is 1. The lowest BCUT2D eigenvalue weighted by Gasteiger charge is -2.12. The number of ketones is 1. The van der Waals surface area contributed by atoms with Gasteiger partial charge in [-0.1, -0.05) is 6.07 Å². The number of carbonyl (C=O) groups is 1. The fraction of sp³-hybridized carbons (Fsp3) is 0.188. The Morgan fingerprint density at radius 3 is 2.00 bits per heavy atom. The Morgan fingerprint density at radius 2 is 1.48 bits per heavy atom. The van der Waals surface area contributed by atoms with E-state index in [2.05, 4.69) is 0 Å². The minimum atomic E-state index is -0.527. The van der Waals surface area contributed by atoms with Gasteiger partial charge in [-0.25, -0.2) is 4.39 Å². The minimum absolute atomic E-state index is 0.00900. The van der Waals surface area contributed by atoms with Gasteiger partial charge in [0, 0.05) is 5.56 Å². The third-order valence-electron chi connectivity index (χ3n) is 3.07. The molecule has 110 valence electrons. The van der Waals surface area contributed by atoms with Crippen LogP contribution >= 0.6 is 0 Å². The van der Waals surface area contributed by atoms with Gasteiger partial charge in [0.15, 0.2) is 11.6 Å². The van der Waals surface area contributed by atoms with Gasteiger partial charge >= 0.3 is 0 Å². The van der Waals surface area contributed by atoms with Crippen LogP contribution in [0.15, 0.2) is 36.4 Å². The van der Waals surface area contributed by atoms with Crippen LogP contribution in [0.3, 0.4) is 0 Å². The molecule has 0 unspecified atom stereocenters. The van der Waals surface area contributed by atoms with Crippen LogP contribution in [0.25, 0.3) is 0 Å². The first kappa shape index (κ1) is 14.8. The van der Waals surface area contributed by atoms with Crippen molar-refractivity contribution in [3.63, 3.8) is 0 Å². The van der Waals surface area contributed by atoms with Crippen LogP contribution in [0.4, 0.5) is 4.39 Å². The number of ether oxygens (including phenoxy) is 3. The molecular formula is C16H15FO4. The van der Waals surface area contributed by atoms with Crippen LogP contribution in [-0.4, -0.2) is 27.1 Å². The molecule has 4 nitrogen and oxygen atoms in total. The average Bonchev–Trinajstić information content (AvgIpc) is 2.53. The average molecular weight is 290 g/mol. The lowest BCUT2D eigenvalue weighted by atomic mass is 10.0. The molecule has 0 aliphatic carbocycles. The highest BCUT2D eigenvalue weighted by Gasteiger charge is 2.20. The normalized spacial score (nSPS) is 10.1. The van der Waals surface area contributed by atoms with Crippen molar-refractivity contribution in [1.29, 1.82) is 0 Å². The predicted molar refractivity (Wildman–Crippen MR) is 75.9 cm³/mol. The van der Waals surface area contributed by atoms with E-state index in [0.29, 0.717) is 11.5 Å². The van der Waals surface area contributed by atoms with Crippen LogP contribution in [0, 0.1) is 5.82 Å². The molecule has 0 fully saturated rings. The zero-order valence-corrected chi connectivity index (χ0v) is 12.0. The highest BCUT2D eigenvalue weighted by Crippen LogP contribution is 2.31. The van der Waals surface area contributed by atoms with Crippen molar-refractivity contribution in [2.75, 3.05) is 21.3 Å². The summed E-state index contributed by atoms with van der Waals surface area (Å²) in [5.41, 5.74) is 0.576. The molecule has 2 aromatic rings. The number of carbonyl (C=O) groups excluding carboxylic acids is 1. The summed E-state index contributed by atoms with van der Waals surface area (Å²) >= 11 is 0. The van der Waals surface area contributed by atoms with E-state index in [9.17, 15) is 9.18 Å². The van der Waals surface area contributed by atoms with Crippen molar-refractivity contribution in [2.24, 2.45) is 0 Å². The zero-order valence-electron chi connectivity index (χ0n) is 12.0. The first-order chi connectivity index (χ1) is 10.1. The first-order valence-electron chi connectivity index (χ1n) is 6.21. The summed E-state index contributed by atoms with van der Waals surface area (Å²) in [5.74, 6) is -0.0661. The Bertz CT molecular complexity index is 645. The second-order valence-electron chi connectivity index (χ2n) is 4.22. The van der Waals surface area contributed by atoms with Crippen LogP contribution in [0.1, 0.15) is 15.9 Å². The summed E-state index contributed by atoms with van der Waals surface area (Å²) in [6.07, 6.45) is 0. The van der Waals surface area contributed by atoms with E-state index in [1.165, 1.54) is 39.5 Å². The van der Waals surface area contributed by atoms with Gasteiger partial charge in [-0.2, -0.15) is 0 Å². The second kappa shape index (κ2) is 6.26. The molecule has 2 aromatic carbocycles.